The first-order chi connectivity index (χ1) is 13.6. The van der Waals surface area contributed by atoms with Crippen LogP contribution in [0.5, 0.6) is 0 Å². The van der Waals surface area contributed by atoms with E-state index in [2.05, 4.69) is 5.32 Å². The molecule has 0 saturated heterocycles. The van der Waals surface area contributed by atoms with Gasteiger partial charge in [0, 0.05) is 19.6 Å². The molecule has 1 rings (SSSR count). The van der Waals surface area contributed by atoms with E-state index in [4.69, 9.17) is 14.2 Å². The Kier molecular flexibility index (Phi) is 11.2. The third-order valence-electron chi connectivity index (χ3n) is 4.68. The number of nitrogens with one attached hydrogen (secondary N) is 1. The first-order valence-corrected chi connectivity index (χ1v) is 10.6. The molecule has 0 aromatic carbocycles. The minimum atomic E-state index is -0.464. The molecule has 0 aliphatic heterocycles. The topological polar surface area (TPSA) is 94.2 Å². The van der Waals surface area contributed by atoms with Gasteiger partial charge in [0.05, 0.1) is 38.7 Å². The van der Waals surface area contributed by atoms with E-state index in [9.17, 15) is 14.4 Å². The zero-order valence-corrected chi connectivity index (χ0v) is 18.6. The van der Waals surface area contributed by atoms with Crippen molar-refractivity contribution in [2.45, 2.75) is 84.0 Å². The molecule has 0 aromatic heterocycles. The highest BCUT2D eigenvalue weighted by atomic mass is 16.6. The van der Waals surface area contributed by atoms with Crippen molar-refractivity contribution in [1.29, 1.82) is 0 Å². The van der Waals surface area contributed by atoms with E-state index in [1.807, 2.05) is 20.8 Å². The van der Waals surface area contributed by atoms with Crippen LogP contribution in [-0.4, -0.2) is 73.8 Å². The van der Waals surface area contributed by atoms with E-state index >= 15 is 0 Å². The fraction of sp³-hybridized carbons (Fsp3) is 0.857. The molecule has 8 nitrogen and oxygen atoms in total. The van der Waals surface area contributed by atoms with Crippen molar-refractivity contribution >= 4 is 17.8 Å². The number of ether oxygens (including phenoxy) is 3. The number of nitrogens with zero attached hydrogens (tertiary/aromatic N) is 1. The van der Waals surface area contributed by atoms with Gasteiger partial charge in [-0.1, -0.05) is 0 Å². The predicted molar refractivity (Wildman–Crippen MR) is 109 cm³/mol. The number of carbonyl (C=O) groups is 3. The monoisotopic (exact) mass is 414 g/mol. The van der Waals surface area contributed by atoms with Crippen LogP contribution in [0.15, 0.2) is 0 Å². The lowest BCUT2D eigenvalue weighted by molar-refractivity contribution is -0.154. The summed E-state index contributed by atoms with van der Waals surface area (Å²) in [5, 5.41) is 3.26. The van der Waals surface area contributed by atoms with Crippen LogP contribution >= 0.6 is 0 Å². The van der Waals surface area contributed by atoms with Gasteiger partial charge in [-0.15, -0.1) is 0 Å². The van der Waals surface area contributed by atoms with Crippen LogP contribution < -0.4 is 5.32 Å². The molecule has 1 aliphatic rings. The lowest BCUT2D eigenvalue weighted by atomic mass is 9.93. The molecule has 0 aromatic rings. The Bertz CT molecular complexity index is 524. The molecule has 0 atom stereocenters. The summed E-state index contributed by atoms with van der Waals surface area (Å²) < 4.78 is 16.0. The summed E-state index contributed by atoms with van der Waals surface area (Å²) in [4.78, 5) is 36.8. The van der Waals surface area contributed by atoms with E-state index < -0.39 is 5.60 Å². The van der Waals surface area contributed by atoms with Gasteiger partial charge in [0.2, 0.25) is 5.91 Å². The molecule has 0 radical (unpaired) electrons. The standard InChI is InChI=1S/C21H38N2O6/c1-6-27-19(25)11-13-23(5)18(24)12-14-28-17-9-7-16(8-10-17)22-15-20(26)29-21(2,3)4/h16-17,22H,6-15H2,1-5H3/t16-,17-. The van der Waals surface area contributed by atoms with Gasteiger partial charge in [-0.2, -0.15) is 0 Å². The largest absolute Gasteiger partial charge is 0.466 e. The molecular formula is C21H38N2O6. The Hall–Kier alpha value is -1.67. The van der Waals surface area contributed by atoms with Crippen molar-refractivity contribution in [2.24, 2.45) is 0 Å². The van der Waals surface area contributed by atoms with E-state index in [1.54, 1.807) is 14.0 Å². The minimum absolute atomic E-state index is 0.0398. The number of hydrogen-bond acceptors (Lipinski definition) is 7. The third-order valence-corrected chi connectivity index (χ3v) is 4.68. The Labute approximate surface area is 174 Å². The molecule has 0 unspecified atom stereocenters. The summed E-state index contributed by atoms with van der Waals surface area (Å²) in [5.41, 5.74) is -0.464. The molecule has 29 heavy (non-hydrogen) atoms. The summed E-state index contributed by atoms with van der Waals surface area (Å²) >= 11 is 0. The second-order valence-corrected chi connectivity index (χ2v) is 8.43. The number of esters is 2. The second kappa shape index (κ2) is 12.8. The van der Waals surface area contributed by atoms with Gasteiger partial charge < -0.3 is 24.4 Å². The molecule has 1 saturated carbocycles. The maximum Gasteiger partial charge on any atom is 0.320 e. The predicted octanol–water partition coefficient (Wildman–Crippen LogP) is 2.05. The average Bonchev–Trinajstić information content (AvgIpc) is 2.64. The maximum atomic E-state index is 12.1. The van der Waals surface area contributed by atoms with Crippen molar-refractivity contribution in [3.8, 4) is 0 Å². The Balaban J connectivity index is 2.14. The van der Waals surface area contributed by atoms with Crippen molar-refractivity contribution < 1.29 is 28.6 Å². The van der Waals surface area contributed by atoms with Gasteiger partial charge in [-0.05, 0) is 53.4 Å². The zero-order valence-electron chi connectivity index (χ0n) is 18.6. The summed E-state index contributed by atoms with van der Waals surface area (Å²) in [6.07, 6.45) is 4.32. The van der Waals surface area contributed by atoms with Crippen LogP contribution in [0.4, 0.5) is 0 Å². The molecule has 0 bridgehead atoms. The molecule has 0 heterocycles. The van der Waals surface area contributed by atoms with E-state index in [0.717, 1.165) is 25.7 Å². The smallest absolute Gasteiger partial charge is 0.320 e. The van der Waals surface area contributed by atoms with Crippen molar-refractivity contribution in [2.75, 3.05) is 33.4 Å². The number of amides is 1. The van der Waals surface area contributed by atoms with Crippen LogP contribution in [0.3, 0.4) is 0 Å². The highest BCUT2D eigenvalue weighted by Gasteiger charge is 2.23. The van der Waals surface area contributed by atoms with E-state index in [1.165, 1.54) is 4.90 Å². The van der Waals surface area contributed by atoms with Gasteiger partial charge in [0.25, 0.3) is 0 Å². The first kappa shape index (κ1) is 25.4. The summed E-state index contributed by atoms with van der Waals surface area (Å²) in [7, 11) is 1.68. The number of carbonyl (C=O) groups excluding carboxylic acids is 3. The van der Waals surface area contributed by atoms with Crippen LogP contribution in [0.1, 0.15) is 66.2 Å². The lowest BCUT2D eigenvalue weighted by Gasteiger charge is -2.29. The fourth-order valence-corrected chi connectivity index (χ4v) is 3.16. The molecule has 0 spiro atoms. The van der Waals surface area contributed by atoms with E-state index in [-0.39, 0.29) is 43.0 Å². The number of hydrogen-bond donors (Lipinski definition) is 1. The Morgan fingerprint density at radius 1 is 1.03 bits per heavy atom. The normalized spacial score (nSPS) is 19.5. The maximum absolute atomic E-state index is 12.1. The van der Waals surface area contributed by atoms with Gasteiger partial charge in [-0.3, -0.25) is 14.4 Å². The molecule has 1 N–H and O–H groups in total. The van der Waals surface area contributed by atoms with Gasteiger partial charge in [0.15, 0.2) is 0 Å². The summed E-state index contributed by atoms with van der Waals surface area (Å²) in [5.74, 6) is -0.566. The van der Waals surface area contributed by atoms with Crippen LogP contribution in [0.2, 0.25) is 0 Å². The second-order valence-electron chi connectivity index (χ2n) is 8.43. The SMILES string of the molecule is CCOC(=O)CCN(C)C(=O)CCO[C@H]1CC[C@H](NCC(=O)OC(C)(C)C)CC1. The number of rotatable bonds is 11. The van der Waals surface area contributed by atoms with Crippen LogP contribution in [0.25, 0.3) is 0 Å². The highest BCUT2D eigenvalue weighted by Crippen LogP contribution is 2.21. The minimum Gasteiger partial charge on any atom is -0.466 e. The molecule has 1 amide bonds. The molecule has 1 aliphatic carbocycles. The zero-order chi connectivity index (χ0) is 21.9. The Morgan fingerprint density at radius 2 is 1.69 bits per heavy atom. The van der Waals surface area contributed by atoms with Crippen molar-refractivity contribution in [1.82, 2.24) is 10.2 Å². The molecule has 168 valence electrons. The summed E-state index contributed by atoms with van der Waals surface area (Å²) in [6.45, 7) is 8.64. The van der Waals surface area contributed by atoms with Gasteiger partial charge >= 0.3 is 11.9 Å². The molecular weight excluding hydrogens is 376 g/mol. The Morgan fingerprint density at radius 3 is 2.28 bits per heavy atom. The fourth-order valence-electron chi connectivity index (χ4n) is 3.16. The van der Waals surface area contributed by atoms with Crippen LogP contribution in [-0.2, 0) is 28.6 Å². The lowest BCUT2D eigenvalue weighted by Crippen LogP contribution is -2.40. The van der Waals surface area contributed by atoms with Crippen LogP contribution in [0, 0.1) is 0 Å². The third kappa shape index (κ3) is 11.8. The van der Waals surface area contributed by atoms with E-state index in [0.29, 0.717) is 26.2 Å². The van der Waals surface area contributed by atoms with Gasteiger partial charge in [0.1, 0.15) is 5.60 Å². The average molecular weight is 415 g/mol. The molecule has 1 fully saturated rings. The summed E-state index contributed by atoms with van der Waals surface area (Å²) in [6, 6.07) is 0.290. The van der Waals surface area contributed by atoms with Gasteiger partial charge in [-0.25, -0.2) is 0 Å². The highest BCUT2D eigenvalue weighted by molar-refractivity contribution is 5.77. The molecule has 8 heteroatoms. The van der Waals surface area contributed by atoms with Crippen molar-refractivity contribution in [3.63, 3.8) is 0 Å². The first-order valence-electron chi connectivity index (χ1n) is 10.6. The quantitative estimate of drug-likeness (QED) is 0.517. The van der Waals surface area contributed by atoms with Crippen molar-refractivity contribution in [3.05, 3.63) is 0 Å².